The highest BCUT2D eigenvalue weighted by Crippen LogP contribution is 2.36. The molecule has 2 aliphatic rings. The van der Waals surface area contributed by atoms with E-state index in [1.165, 1.54) is 29.1 Å². The molecular formula is C17H24N6OS. The standard InChI is InChI=1S/C17H24N6OS/c1-22(10-14-21-20-13-8-3-2-4-9-23(13)14)16(24)11-6-5-7-12-15(11)19-17(18)25-12/h11H,2-10H2,1H3,(H2,18,19). The Labute approximate surface area is 151 Å². The minimum absolute atomic E-state index is 0.109. The molecule has 0 bridgehead atoms. The molecule has 25 heavy (non-hydrogen) atoms. The van der Waals surface area contributed by atoms with Gasteiger partial charge in [-0.1, -0.05) is 6.42 Å². The van der Waals surface area contributed by atoms with E-state index in [9.17, 15) is 4.79 Å². The van der Waals surface area contributed by atoms with Crippen LogP contribution in [-0.2, 0) is 30.7 Å². The van der Waals surface area contributed by atoms with Crippen molar-refractivity contribution < 1.29 is 4.79 Å². The third-order valence-electron chi connectivity index (χ3n) is 5.21. The zero-order valence-electron chi connectivity index (χ0n) is 14.6. The Kier molecular flexibility index (Phi) is 4.45. The average Bonchev–Trinajstić information content (AvgIpc) is 3.07. The lowest BCUT2D eigenvalue weighted by Gasteiger charge is -2.25. The van der Waals surface area contributed by atoms with Crippen LogP contribution in [0.1, 0.15) is 60.2 Å². The Morgan fingerprint density at radius 2 is 2.16 bits per heavy atom. The van der Waals surface area contributed by atoms with E-state index in [-0.39, 0.29) is 11.8 Å². The van der Waals surface area contributed by atoms with Gasteiger partial charge in [-0.25, -0.2) is 4.98 Å². The smallest absolute Gasteiger partial charge is 0.231 e. The molecule has 3 heterocycles. The van der Waals surface area contributed by atoms with E-state index in [1.807, 2.05) is 7.05 Å². The van der Waals surface area contributed by atoms with Gasteiger partial charge >= 0.3 is 0 Å². The molecular weight excluding hydrogens is 336 g/mol. The third kappa shape index (κ3) is 3.15. The van der Waals surface area contributed by atoms with E-state index in [1.54, 1.807) is 4.90 Å². The lowest BCUT2D eigenvalue weighted by molar-refractivity contribution is -0.132. The van der Waals surface area contributed by atoms with Gasteiger partial charge in [-0.15, -0.1) is 21.5 Å². The summed E-state index contributed by atoms with van der Waals surface area (Å²) in [4.78, 5) is 20.4. The van der Waals surface area contributed by atoms with Gasteiger partial charge in [0.2, 0.25) is 5.91 Å². The van der Waals surface area contributed by atoms with Gasteiger partial charge in [0.1, 0.15) is 5.82 Å². The summed E-state index contributed by atoms with van der Waals surface area (Å²) in [6.07, 6.45) is 7.37. The van der Waals surface area contributed by atoms with Crippen LogP contribution >= 0.6 is 11.3 Å². The average molecular weight is 360 g/mol. The summed E-state index contributed by atoms with van der Waals surface area (Å²) in [5, 5.41) is 9.23. The van der Waals surface area contributed by atoms with Crippen LogP contribution in [0, 0.1) is 0 Å². The Hall–Kier alpha value is -1.96. The molecule has 1 aliphatic heterocycles. The number of thiazole rings is 1. The minimum Gasteiger partial charge on any atom is -0.375 e. The maximum absolute atomic E-state index is 13.0. The normalized spacial score (nSPS) is 19.8. The number of aromatic nitrogens is 4. The number of amides is 1. The maximum Gasteiger partial charge on any atom is 0.231 e. The molecule has 2 N–H and O–H groups in total. The van der Waals surface area contributed by atoms with E-state index in [4.69, 9.17) is 5.73 Å². The number of hydrogen-bond acceptors (Lipinski definition) is 6. The van der Waals surface area contributed by atoms with Gasteiger partial charge in [0.25, 0.3) is 0 Å². The van der Waals surface area contributed by atoms with Crippen molar-refractivity contribution in [1.82, 2.24) is 24.6 Å². The Morgan fingerprint density at radius 3 is 3.04 bits per heavy atom. The molecule has 4 rings (SSSR count). The molecule has 1 atom stereocenters. The van der Waals surface area contributed by atoms with Gasteiger partial charge in [0.15, 0.2) is 11.0 Å². The monoisotopic (exact) mass is 360 g/mol. The molecule has 7 nitrogen and oxygen atoms in total. The summed E-state index contributed by atoms with van der Waals surface area (Å²) in [5.74, 6) is 1.88. The van der Waals surface area contributed by atoms with E-state index < -0.39 is 0 Å². The van der Waals surface area contributed by atoms with Crippen molar-refractivity contribution in [2.24, 2.45) is 0 Å². The molecule has 0 spiro atoms. The number of likely N-dealkylation sites (N-methyl/N-ethyl adjacent to an activating group) is 1. The van der Waals surface area contributed by atoms with Gasteiger partial charge in [-0.2, -0.15) is 0 Å². The van der Waals surface area contributed by atoms with Crippen LogP contribution in [0.3, 0.4) is 0 Å². The Balaban J connectivity index is 1.51. The summed E-state index contributed by atoms with van der Waals surface area (Å²) in [7, 11) is 1.85. The van der Waals surface area contributed by atoms with Gasteiger partial charge in [0, 0.05) is 24.9 Å². The molecule has 2 aromatic heterocycles. The molecule has 1 amide bonds. The lowest BCUT2D eigenvalue weighted by atomic mass is 9.90. The SMILES string of the molecule is CN(Cc1nnc2n1CCCCC2)C(=O)C1CCCc2sc(N)nc21. The number of fused-ring (bicyclic) bond motifs is 2. The number of carbonyl (C=O) groups excluding carboxylic acids is 1. The summed E-state index contributed by atoms with van der Waals surface area (Å²) in [5.41, 5.74) is 6.75. The van der Waals surface area contributed by atoms with Crippen molar-refractivity contribution in [1.29, 1.82) is 0 Å². The van der Waals surface area contributed by atoms with Gasteiger partial charge in [0.05, 0.1) is 18.2 Å². The summed E-state index contributed by atoms with van der Waals surface area (Å²) in [6, 6.07) is 0. The number of nitrogens with two attached hydrogens (primary N) is 1. The van der Waals surface area contributed by atoms with Crippen LogP contribution in [-0.4, -0.2) is 37.6 Å². The highest BCUT2D eigenvalue weighted by Gasteiger charge is 2.32. The van der Waals surface area contributed by atoms with Crippen LogP contribution in [0.4, 0.5) is 5.13 Å². The first kappa shape index (κ1) is 16.5. The summed E-state index contributed by atoms with van der Waals surface area (Å²) in [6.45, 7) is 1.45. The number of nitrogen functional groups attached to an aromatic ring is 1. The molecule has 1 aliphatic carbocycles. The molecule has 1 unspecified atom stereocenters. The molecule has 0 radical (unpaired) electrons. The van der Waals surface area contributed by atoms with Crippen molar-refractivity contribution in [2.75, 3.05) is 12.8 Å². The van der Waals surface area contributed by atoms with Crippen LogP contribution in [0.25, 0.3) is 0 Å². The van der Waals surface area contributed by atoms with E-state index in [0.29, 0.717) is 11.7 Å². The summed E-state index contributed by atoms with van der Waals surface area (Å²) >= 11 is 1.52. The number of nitrogens with zero attached hydrogens (tertiary/aromatic N) is 5. The zero-order chi connectivity index (χ0) is 17.4. The minimum atomic E-state index is -0.172. The molecule has 2 aromatic rings. The lowest BCUT2D eigenvalue weighted by Crippen LogP contribution is -2.34. The fourth-order valence-corrected chi connectivity index (χ4v) is 4.83. The largest absolute Gasteiger partial charge is 0.375 e. The third-order valence-corrected chi connectivity index (χ3v) is 6.17. The van der Waals surface area contributed by atoms with E-state index in [0.717, 1.165) is 56.0 Å². The predicted octanol–water partition coefficient (Wildman–Crippen LogP) is 2.12. The fraction of sp³-hybridized carbons (Fsp3) is 0.647. The van der Waals surface area contributed by atoms with Crippen molar-refractivity contribution in [3.8, 4) is 0 Å². The first-order valence-corrected chi connectivity index (χ1v) is 9.86. The first-order chi connectivity index (χ1) is 12.1. The first-order valence-electron chi connectivity index (χ1n) is 9.04. The van der Waals surface area contributed by atoms with Crippen molar-refractivity contribution in [3.63, 3.8) is 0 Å². The molecule has 0 aromatic carbocycles. The molecule has 0 fully saturated rings. The van der Waals surface area contributed by atoms with Crippen LogP contribution in [0.5, 0.6) is 0 Å². The number of aryl methyl sites for hydroxylation is 2. The van der Waals surface area contributed by atoms with Crippen molar-refractivity contribution in [3.05, 3.63) is 22.2 Å². The molecule has 8 heteroatoms. The summed E-state index contributed by atoms with van der Waals surface area (Å²) < 4.78 is 2.20. The Morgan fingerprint density at radius 1 is 1.28 bits per heavy atom. The number of rotatable bonds is 3. The van der Waals surface area contributed by atoms with Crippen LogP contribution in [0.15, 0.2) is 0 Å². The van der Waals surface area contributed by atoms with Gasteiger partial charge in [-0.3, -0.25) is 4.79 Å². The Bertz CT molecular complexity index is 782. The van der Waals surface area contributed by atoms with E-state index >= 15 is 0 Å². The van der Waals surface area contributed by atoms with E-state index in [2.05, 4.69) is 19.7 Å². The fourth-order valence-electron chi connectivity index (χ4n) is 3.90. The maximum atomic E-state index is 13.0. The second-order valence-corrected chi connectivity index (χ2v) is 8.11. The molecule has 0 saturated carbocycles. The zero-order valence-corrected chi connectivity index (χ0v) is 15.4. The number of anilines is 1. The highest BCUT2D eigenvalue weighted by atomic mass is 32.1. The number of carbonyl (C=O) groups is 1. The number of hydrogen-bond donors (Lipinski definition) is 1. The topological polar surface area (TPSA) is 89.9 Å². The van der Waals surface area contributed by atoms with Crippen LogP contribution in [0.2, 0.25) is 0 Å². The highest BCUT2D eigenvalue weighted by molar-refractivity contribution is 7.15. The van der Waals surface area contributed by atoms with Crippen molar-refractivity contribution in [2.45, 2.75) is 64.0 Å². The second kappa shape index (κ2) is 6.74. The molecule has 0 saturated heterocycles. The van der Waals surface area contributed by atoms with Crippen LogP contribution < -0.4 is 5.73 Å². The predicted molar refractivity (Wildman–Crippen MR) is 96.3 cm³/mol. The van der Waals surface area contributed by atoms with Crippen molar-refractivity contribution >= 4 is 22.4 Å². The van der Waals surface area contributed by atoms with Gasteiger partial charge in [-0.05, 0) is 32.1 Å². The molecule has 134 valence electrons. The quantitative estimate of drug-likeness (QED) is 0.905. The van der Waals surface area contributed by atoms with Gasteiger partial charge < -0.3 is 15.2 Å². The second-order valence-electron chi connectivity index (χ2n) is 6.99.